The maximum Gasteiger partial charge on any atom is 0.236 e. The lowest BCUT2D eigenvalue weighted by Gasteiger charge is -2.04. The Morgan fingerprint density at radius 3 is 2.56 bits per heavy atom. The molecule has 0 saturated carbocycles. The molecule has 1 rings (SSSR count). The van der Waals surface area contributed by atoms with Crippen molar-refractivity contribution in [3.8, 4) is 0 Å². The number of aryl methyl sites for hydroxylation is 1. The van der Waals surface area contributed by atoms with E-state index in [9.17, 15) is 9.00 Å². The molecule has 1 amide bonds. The summed E-state index contributed by atoms with van der Waals surface area (Å²) in [4.78, 5) is 11.4. The van der Waals surface area contributed by atoms with Gasteiger partial charge in [-0.3, -0.25) is 9.00 Å². The van der Waals surface area contributed by atoms with Gasteiger partial charge in [-0.15, -0.1) is 0 Å². The van der Waals surface area contributed by atoms with Gasteiger partial charge in [0.05, 0.1) is 6.61 Å². The highest BCUT2D eigenvalue weighted by atomic mass is 32.2. The van der Waals surface area contributed by atoms with Gasteiger partial charge in [0.15, 0.2) is 0 Å². The van der Waals surface area contributed by atoms with E-state index < -0.39 is 10.8 Å². The average Bonchev–Trinajstić information content (AvgIpc) is 2.21. The minimum absolute atomic E-state index is 0.0750. The number of anilines is 1. The molecule has 4 nitrogen and oxygen atoms in total. The third-order valence-electron chi connectivity index (χ3n) is 1.95. The van der Waals surface area contributed by atoms with Crippen molar-refractivity contribution in [2.45, 2.75) is 6.92 Å². The zero-order valence-electron chi connectivity index (χ0n) is 9.10. The number of hydrogen-bond donors (Lipinski definition) is 2. The van der Waals surface area contributed by atoms with Gasteiger partial charge in [-0.1, -0.05) is 17.7 Å². The Labute approximate surface area is 97.1 Å². The molecule has 0 heterocycles. The SMILES string of the molecule is Cc1ccc(NC(=O)CS(=O)CCO)cc1. The fourth-order valence-corrected chi connectivity index (χ4v) is 1.87. The maximum atomic E-state index is 11.4. The lowest BCUT2D eigenvalue weighted by Crippen LogP contribution is -2.21. The lowest BCUT2D eigenvalue weighted by atomic mass is 10.2. The molecule has 1 aromatic rings. The van der Waals surface area contributed by atoms with Crippen LogP contribution in [0.15, 0.2) is 24.3 Å². The monoisotopic (exact) mass is 241 g/mol. The van der Waals surface area contributed by atoms with E-state index in [2.05, 4.69) is 5.32 Å². The molecule has 0 fully saturated rings. The van der Waals surface area contributed by atoms with E-state index in [0.29, 0.717) is 5.69 Å². The van der Waals surface area contributed by atoms with Crippen LogP contribution in [-0.4, -0.2) is 33.3 Å². The van der Waals surface area contributed by atoms with Crippen molar-refractivity contribution in [3.05, 3.63) is 29.8 Å². The van der Waals surface area contributed by atoms with Crippen LogP contribution in [0.3, 0.4) is 0 Å². The van der Waals surface area contributed by atoms with Crippen LogP contribution in [-0.2, 0) is 15.6 Å². The molecule has 16 heavy (non-hydrogen) atoms. The first-order valence-corrected chi connectivity index (χ1v) is 6.43. The van der Waals surface area contributed by atoms with Crippen molar-refractivity contribution < 1.29 is 14.1 Å². The van der Waals surface area contributed by atoms with Crippen LogP contribution < -0.4 is 5.32 Å². The molecule has 0 aliphatic rings. The first-order valence-electron chi connectivity index (χ1n) is 4.94. The summed E-state index contributed by atoms with van der Waals surface area (Å²) in [6, 6.07) is 7.37. The summed E-state index contributed by atoms with van der Waals surface area (Å²) in [5.41, 5.74) is 1.80. The van der Waals surface area contributed by atoms with E-state index in [1.807, 2.05) is 19.1 Å². The first-order chi connectivity index (χ1) is 7.61. The van der Waals surface area contributed by atoms with Crippen LogP contribution in [0.25, 0.3) is 0 Å². The quantitative estimate of drug-likeness (QED) is 0.796. The fourth-order valence-electron chi connectivity index (χ4n) is 1.15. The molecule has 1 unspecified atom stereocenters. The molecule has 0 aliphatic heterocycles. The second-order valence-corrected chi connectivity index (χ2v) is 5.00. The van der Waals surface area contributed by atoms with E-state index in [4.69, 9.17) is 5.11 Å². The molecule has 0 radical (unpaired) electrons. The van der Waals surface area contributed by atoms with Crippen molar-refractivity contribution in [1.82, 2.24) is 0 Å². The van der Waals surface area contributed by atoms with Crippen LogP contribution in [0.2, 0.25) is 0 Å². The summed E-state index contributed by atoms with van der Waals surface area (Å²) in [6.45, 7) is 1.80. The zero-order valence-corrected chi connectivity index (χ0v) is 9.92. The number of amides is 1. The minimum atomic E-state index is -1.29. The lowest BCUT2D eigenvalue weighted by molar-refractivity contribution is -0.113. The van der Waals surface area contributed by atoms with E-state index in [-0.39, 0.29) is 24.0 Å². The smallest absolute Gasteiger partial charge is 0.236 e. The number of rotatable bonds is 5. The second-order valence-electron chi connectivity index (χ2n) is 3.43. The molecule has 1 aromatic carbocycles. The number of benzene rings is 1. The molecule has 88 valence electrons. The van der Waals surface area contributed by atoms with Crippen molar-refractivity contribution in [2.75, 3.05) is 23.4 Å². The molecule has 2 N–H and O–H groups in total. The third-order valence-corrected chi connectivity index (χ3v) is 3.17. The Morgan fingerprint density at radius 2 is 2.00 bits per heavy atom. The molecular formula is C11H15NO3S. The molecule has 0 saturated heterocycles. The van der Waals surface area contributed by atoms with Crippen LogP contribution >= 0.6 is 0 Å². The van der Waals surface area contributed by atoms with Gasteiger partial charge in [0, 0.05) is 22.2 Å². The molecule has 0 bridgehead atoms. The van der Waals surface area contributed by atoms with Gasteiger partial charge >= 0.3 is 0 Å². The highest BCUT2D eigenvalue weighted by molar-refractivity contribution is 7.85. The summed E-state index contributed by atoms with van der Waals surface area (Å²) in [7, 11) is -1.29. The number of nitrogens with one attached hydrogen (secondary N) is 1. The van der Waals surface area contributed by atoms with E-state index >= 15 is 0 Å². The highest BCUT2D eigenvalue weighted by Crippen LogP contribution is 2.08. The van der Waals surface area contributed by atoms with Gasteiger partial charge in [-0.2, -0.15) is 0 Å². The number of carbonyl (C=O) groups is 1. The second kappa shape index (κ2) is 6.40. The Morgan fingerprint density at radius 1 is 1.38 bits per heavy atom. The third kappa shape index (κ3) is 4.55. The largest absolute Gasteiger partial charge is 0.395 e. The molecule has 0 aliphatic carbocycles. The minimum Gasteiger partial charge on any atom is -0.395 e. The van der Waals surface area contributed by atoms with Crippen LogP contribution in [0, 0.1) is 6.92 Å². The van der Waals surface area contributed by atoms with Gasteiger partial charge in [-0.25, -0.2) is 0 Å². The Bertz CT molecular complexity index is 375. The van der Waals surface area contributed by atoms with Crippen molar-refractivity contribution >= 4 is 22.4 Å². The molecule has 1 atom stereocenters. The van der Waals surface area contributed by atoms with E-state index in [1.54, 1.807) is 12.1 Å². The average molecular weight is 241 g/mol. The van der Waals surface area contributed by atoms with Crippen LogP contribution in [0.1, 0.15) is 5.56 Å². The highest BCUT2D eigenvalue weighted by Gasteiger charge is 2.07. The Balaban J connectivity index is 2.45. The van der Waals surface area contributed by atoms with Gasteiger partial charge < -0.3 is 10.4 Å². The zero-order chi connectivity index (χ0) is 12.0. The maximum absolute atomic E-state index is 11.4. The number of aliphatic hydroxyl groups excluding tert-OH is 1. The standard InChI is InChI=1S/C11H15NO3S/c1-9-2-4-10(5-3-9)12-11(14)8-16(15)7-6-13/h2-5,13H,6-8H2,1H3,(H,12,14). The van der Waals surface area contributed by atoms with Gasteiger partial charge in [0.25, 0.3) is 0 Å². The summed E-state index contributed by atoms with van der Waals surface area (Å²) in [6.07, 6.45) is 0. The molecule has 5 heteroatoms. The van der Waals surface area contributed by atoms with Gasteiger partial charge in [0.1, 0.15) is 5.75 Å². The van der Waals surface area contributed by atoms with Crippen LogP contribution in [0.5, 0.6) is 0 Å². The predicted molar refractivity (Wildman–Crippen MR) is 64.8 cm³/mol. The van der Waals surface area contributed by atoms with Gasteiger partial charge in [-0.05, 0) is 19.1 Å². The molecule has 0 aromatic heterocycles. The number of hydrogen-bond acceptors (Lipinski definition) is 3. The van der Waals surface area contributed by atoms with E-state index in [1.165, 1.54) is 0 Å². The van der Waals surface area contributed by atoms with Crippen molar-refractivity contribution in [1.29, 1.82) is 0 Å². The summed E-state index contributed by atoms with van der Waals surface area (Å²) < 4.78 is 11.2. The Hall–Kier alpha value is -1.20. The molecular weight excluding hydrogens is 226 g/mol. The summed E-state index contributed by atoms with van der Waals surface area (Å²) in [5.74, 6) is -0.230. The van der Waals surface area contributed by atoms with Gasteiger partial charge in [0.2, 0.25) is 5.91 Å². The topological polar surface area (TPSA) is 66.4 Å². The Kier molecular flexibility index (Phi) is 5.14. The number of aliphatic hydroxyl groups is 1. The summed E-state index contributed by atoms with van der Waals surface area (Å²) >= 11 is 0. The molecule has 0 spiro atoms. The number of carbonyl (C=O) groups excluding carboxylic acids is 1. The summed E-state index contributed by atoms with van der Waals surface area (Å²) in [5, 5.41) is 11.2. The van der Waals surface area contributed by atoms with Crippen molar-refractivity contribution in [2.24, 2.45) is 0 Å². The van der Waals surface area contributed by atoms with Crippen molar-refractivity contribution in [3.63, 3.8) is 0 Å². The normalized spacial score (nSPS) is 12.1. The first kappa shape index (κ1) is 12.9. The van der Waals surface area contributed by atoms with Crippen LogP contribution in [0.4, 0.5) is 5.69 Å². The predicted octanol–water partition coefficient (Wildman–Crippen LogP) is 0.675. The fraction of sp³-hybridized carbons (Fsp3) is 0.364. The van der Waals surface area contributed by atoms with E-state index in [0.717, 1.165) is 5.56 Å².